The fourth-order valence-electron chi connectivity index (χ4n) is 1.37. The number of benzene rings is 1. The van der Waals surface area contributed by atoms with Gasteiger partial charge in [-0.25, -0.2) is 5.43 Å². The van der Waals surface area contributed by atoms with Crippen LogP contribution in [0.2, 0.25) is 0 Å². The third-order valence-electron chi connectivity index (χ3n) is 2.17. The van der Waals surface area contributed by atoms with Crippen LogP contribution in [0.5, 0.6) is 11.5 Å². The molecule has 2 rings (SSSR count). The van der Waals surface area contributed by atoms with E-state index in [9.17, 15) is 5.11 Å². The number of nitrogens with zero attached hydrogens (tertiary/aromatic N) is 2. The summed E-state index contributed by atoms with van der Waals surface area (Å²) in [5.74, 6) is 0.944. The van der Waals surface area contributed by atoms with E-state index in [0.29, 0.717) is 23.1 Å². The lowest BCUT2D eigenvalue weighted by Gasteiger charge is -2.05. The van der Waals surface area contributed by atoms with Crippen LogP contribution in [0.3, 0.4) is 0 Å². The topological polar surface area (TPSA) is 98.3 Å². The second kappa shape index (κ2) is 6.01. The molecule has 2 aromatic rings. The summed E-state index contributed by atoms with van der Waals surface area (Å²) in [5, 5.41) is 18.9. The Hall–Kier alpha value is -2.35. The van der Waals surface area contributed by atoms with Gasteiger partial charge in [0.2, 0.25) is 10.7 Å². The number of phenols is 1. The maximum atomic E-state index is 9.56. The van der Waals surface area contributed by atoms with Gasteiger partial charge in [0.25, 0.3) is 0 Å². The number of hydrogen-bond donors (Lipinski definition) is 4. The highest BCUT2D eigenvalue weighted by Crippen LogP contribution is 2.26. The van der Waals surface area contributed by atoms with Gasteiger partial charge in [0.1, 0.15) is 0 Å². The van der Waals surface area contributed by atoms with Crippen molar-refractivity contribution in [1.82, 2.24) is 15.2 Å². The maximum absolute atomic E-state index is 9.56. The molecule has 0 aliphatic carbocycles. The highest BCUT2D eigenvalue weighted by Gasteiger charge is 2.01. The summed E-state index contributed by atoms with van der Waals surface area (Å²) < 4.78 is 5.62. The van der Waals surface area contributed by atoms with Crippen LogP contribution in [-0.2, 0) is 0 Å². The van der Waals surface area contributed by atoms with Crippen LogP contribution >= 0.6 is 12.2 Å². The molecule has 0 spiro atoms. The molecule has 0 saturated carbocycles. The molecule has 0 saturated heterocycles. The smallest absolute Gasteiger partial charge is 0.238 e. The van der Waals surface area contributed by atoms with Crippen LogP contribution in [0.1, 0.15) is 12.5 Å². The third kappa shape index (κ3) is 3.55. The Balaban J connectivity index is 2.06. The summed E-state index contributed by atoms with van der Waals surface area (Å²) in [6.07, 6.45) is 1.58. The first-order chi connectivity index (χ1) is 9.19. The van der Waals surface area contributed by atoms with Crippen molar-refractivity contribution in [2.45, 2.75) is 6.92 Å². The van der Waals surface area contributed by atoms with Crippen LogP contribution < -0.4 is 10.2 Å². The van der Waals surface area contributed by atoms with Gasteiger partial charge in [-0.1, -0.05) is 0 Å². The van der Waals surface area contributed by atoms with Gasteiger partial charge in [0.15, 0.2) is 11.5 Å². The van der Waals surface area contributed by atoms with Crippen LogP contribution in [0.4, 0.5) is 5.95 Å². The van der Waals surface area contributed by atoms with Crippen molar-refractivity contribution >= 4 is 24.4 Å². The van der Waals surface area contributed by atoms with E-state index in [1.165, 1.54) is 0 Å². The maximum Gasteiger partial charge on any atom is 0.238 e. The zero-order chi connectivity index (χ0) is 13.7. The second-order valence-corrected chi connectivity index (χ2v) is 3.93. The van der Waals surface area contributed by atoms with Crippen LogP contribution in [0.25, 0.3) is 0 Å². The Kier molecular flexibility index (Phi) is 4.14. The minimum atomic E-state index is 0.100. The highest BCUT2D eigenvalue weighted by atomic mass is 32.1. The van der Waals surface area contributed by atoms with Gasteiger partial charge in [-0.15, -0.1) is 0 Å². The normalized spacial score (nSPS) is 10.8. The highest BCUT2D eigenvalue weighted by molar-refractivity contribution is 7.71. The van der Waals surface area contributed by atoms with Crippen molar-refractivity contribution in [2.24, 2.45) is 5.10 Å². The minimum absolute atomic E-state index is 0.100. The van der Waals surface area contributed by atoms with Crippen molar-refractivity contribution in [1.29, 1.82) is 0 Å². The molecule has 1 aromatic carbocycles. The summed E-state index contributed by atoms with van der Waals surface area (Å²) in [4.78, 5) is 3.92. The molecule has 0 atom stereocenters. The molecule has 4 N–H and O–H groups in total. The molecule has 0 radical (unpaired) electrons. The van der Waals surface area contributed by atoms with Crippen LogP contribution in [0.15, 0.2) is 23.3 Å². The van der Waals surface area contributed by atoms with Crippen molar-refractivity contribution in [2.75, 3.05) is 12.0 Å². The molecule has 0 fully saturated rings. The summed E-state index contributed by atoms with van der Waals surface area (Å²) in [5.41, 5.74) is 3.46. The predicted molar refractivity (Wildman–Crippen MR) is 74.3 cm³/mol. The Bertz CT molecular complexity index is 634. The predicted octanol–water partition coefficient (Wildman–Crippen LogP) is 2.02. The largest absolute Gasteiger partial charge is 0.504 e. The van der Waals surface area contributed by atoms with Gasteiger partial charge in [-0.3, -0.25) is 10.2 Å². The van der Waals surface area contributed by atoms with Gasteiger partial charge in [-0.2, -0.15) is 10.1 Å². The number of nitrogens with one attached hydrogen (secondary N) is 3. The van der Waals surface area contributed by atoms with E-state index >= 15 is 0 Å². The Morgan fingerprint density at radius 3 is 3.05 bits per heavy atom. The lowest BCUT2D eigenvalue weighted by atomic mass is 10.2. The molecule has 0 aliphatic heterocycles. The molecule has 1 aromatic heterocycles. The summed E-state index contributed by atoms with van der Waals surface area (Å²) in [6.45, 7) is 2.33. The molecular formula is C11H13N5O2S. The van der Waals surface area contributed by atoms with Gasteiger partial charge >= 0.3 is 0 Å². The number of hydrogen-bond acceptors (Lipinski definition) is 6. The van der Waals surface area contributed by atoms with Gasteiger partial charge in [0, 0.05) is 0 Å². The second-order valence-electron chi connectivity index (χ2n) is 3.55. The monoisotopic (exact) mass is 279 g/mol. The van der Waals surface area contributed by atoms with E-state index in [4.69, 9.17) is 17.0 Å². The number of H-pyrrole nitrogens is 2. The van der Waals surface area contributed by atoms with Crippen molar-refractivity contribution in [3.63, 3.8) is 0 Å². The van der Waals surface area contributed by atoms with E-state index in [1.54, 1.807) is 24.4 Å². The van der Waals surface area contributed by atoms with E-state index in [-0.39, 0.29) is 5.75 Å². The number of phenolic OH excluding ortho intramolecular Hbond substituents is 1. The molecule has 0 bridgehead atoms. The first-order valence-electron chi connectivity index (χ1n) is 5.58. The molecule has 100 valence electrons. The van der Waals surface area contributed by atoms with Crippen molar-refractivity contribution < 1.29 is 9.84 Å². The quantitative estimate of drug-likeness (QED) is 0.381. The SMILES string of the molecule is CCOc1cc(/C=N\Nc2nc(=S)[nH][nH]2)ccc1O. The van der Waals surface area contributed by atoms with Gasteiger partial charge in [0.05, 0.1) is 12.8 Å². The third-order valence-corrected chi connectivity index (χ3v) is 2.36. The Morgan fingerprint density at radius 1 is 1.53 bits per heavy atom. The first-order valence-corrected chi connectivity index (χ1v) is 5.99. The Labute approximate surface area is 114 Å². The summed E-state index contributed by atoms with van der Waals surface area (Å²) in [7, 11) is 0. The van der Waals surface area contributed by atoms with Crippen LogP contribution in [0, 0.1) is 4.77 Å². The zero-order valence-corrected chi connectivity index (χ0v) is 11.0. The molecular weight excluding hydrogens is 266 g/mol. The lowest BCUT2D eigenvalue weighted by Crippen LogP contribution is -1.95. The summed E-state index contributed by atoms with van der Waals surface area (Å²) in [6, 6.07) is 4.96. The van der Waals surface area contributed by atoms with E-state index in [0.717, 1.165) is 5.56 Å². The van der Waals surface area contributed by atoms with Crippen LogP contribution in [-0.4, -0.2) is 33.1 Å². The Morgan fingerprint density at radius 2 is 2.37 bits per heavy atom. The average Bonchev–Trinajstić information content (AvgIpc) is 2.79. The lowest BCUT2D eigenvalue weighted by molar-refractivity contribution is 0.318. The van der Waals surface area contributed by atoms with Crippen molar-refractivity contribution in [3.05, 3.63) is 28.5 Å². The number of aromatic nitrogens is 3. The van der Waals surface area contributed by atoms with Crippen molar-refractivity contribution in [3.8, 4) is 11.5 Å². The van der Waals surface area contributed by atoms with E-state index in [1.807, 2.05) is 6.92 Å². The molecule has 0 amide bonds. The molecule has 8 heteroatoms. The molecule has 7 nitrogen and oxygen atoms in total. The molecule has 1 heterocycles. The zero-order valence-electron chi connectivity index (χ0n) is 10.2. The standard InChI is InChI=1S/C11H13N5O2S/c1-2-18-9-5-7(3-4-8(9)17)6-12-14-10-13-11(19)16-15-10/h3-6,17H,2H2,1H3,(H3,13,14,15,16,19)/b12-6-. The van der Waals surface area contributed by atoms with Gasteiger partial charge in [-0.05, 0) is 42.9 Å². The minimum Gasteiger partial charge on any atom is -0.504 e. The number of anilines is 1. The number of ether oxygens (including phenoxy) is 1. The molecule has 19 heavy (non-hydrogen) atoms. The number of hydrazone groups is 1. The fraction of sp³-hybridized carbons (Fsp3) is 0.182. The first kappa shape index (κ1) is 13.1. The molecule has 0 aliphatic rings. The van der Waals surface area contributed by atoms with E-state index < -0.39 is 0 Å². The van der Waals surface area contributed by atoms with E-state index in [2.05, 4.69) is 25.7 Å². The average molecular weight is 279 g/mol. The molecule has 0 unspecified atom stereocenters. The van der Waals surface area contributed by atoms with Gasteiger partial charge < -0.3 is 9.84 Å². The number of aromatic amines is 2. The fourth-order valence-corrected chi connectivity index (χ4v) is 1.52. The summed E-state index contributed by atoms with van der Waals surface area (Å²) >= 11 is 4.80. The number of rotatable bonds is 5. The number of aromatic hydroxyl groups is 1.